The maximum absolute atomic E-state index is 11.6. The minimum atomic E-state index is -0.225. The fraction of sp³-hybridized carbons (Fsp3) is 0.909. The van der Waals surface area contributed by atoms with Crippen LogP contribution in [-0.4, -0.2) is 31.4 Å². The predicted molar refractivity (Wildman–Crippen MR) is 70.1 cm³/mol. The van der Waals surface area contributed by atoms with Gasteiger partial charge in [0.05, 0.1) is 6.61 Å². The van der Waals surface area contributed by atoms with E-state index in [2.05, 4.69) is 14.0 Å². The average molecular weight is 230 g/mol. The SMILES string of the molecule is BSC(C)COCCC(C)(C)C(=O)CC. The number of carbonyl (C=O) groups is 1. The van der Waals surface area contributed by atoms with Crippen LogP contribution in [0.25, 0.3) is 0 Å². The van der Waals surface area contributed by atoms with Gasteiger partial charge in [-0.1, -0.05) is 27.7 Å². The van der Waals surface area contributed by atoms with Crippen LogP contribution in [0.3, 0.4) is 0 Å². The molecule has 0 saturated carbocycles. The first-order chi connectivity index (χ1) is 6.94. The molecule has 0 aromatic heterocycles. The molecule has 1 unspecified atom stereocenters. The summed E-state index contributed by atoms with van der Waals surface area (Å²) in [6.45, 7) is 9.52. The largest absolute Gasteiger partial charge is 0.380 e. The van der Waals surface area contributed by atoms with Gasteiger partial charge in [-0.15, -0.1) is 0 Å². The predicted octanol–water partition coefficient (Wildman–Crippen LogP) is 2.07. The molecule has 0 aromatic carbocycles. The summed E-state index contributed by atoms with van der Waals surface area (Å²) in [5, 5.41) is 0.537. The Hall–Kier alpha value is 0.0449. The smallest absolute Gasteiger partial charge is 0.174 e. The molecule has 1 atom stereocenters. The number of ketones is 1. The van der Waals surface area contributed by atoms with E-state index in [0.717, 1.165) is 13.0 Å². The van der Waals surface area contributed by atoms with Gasteiger partial charge in [-0.25, -0.2) is 11.6 Å². The molecule has 0 aliphatic heterocycles. The summed E-state index contributed by atoms with van der Waals surface area (Å²) in [5.74, 6) is 0.323. The van der Waals surface area contributed by atoms with Gasteiger partial charge in [-0.3, -0.25) is 4.79 Å². The van der Waals surface area contributed by atoms with Crippen molar-refractivity contribution in [1.82, 2.24) is 0 Å². The van der Waals surface area contributed by atoms with Gasteiger partial charge in [-0.05, 0) is 6.42 Å². The van der Waals surface area contributed by atoms with Crippen molar-refractivity contribution >= 4 is 24.5 Å². The van der Waals surface area contributed by atoms with Crippen LogP contribution in [0.5, 0.6) is 0 Å². The second-order valence-corrected chi connectivity index (χ2v) is 5.81. The molecular weight excluding hydrogens is 207 g/mol. The van der Waals surface area contributed by atoms with Gasteiger partial charge in [0, 0.05) is 23.7 Å². The normalized spacial score (nSPS) is 13.9. The van der Waals surface area contributed by atoms with E-state index >= 15 is 0 Å². The third-order valence-electron chi connectivity index (χ3n) is 2.70. The van der Waals surface area contributed by atoms with Gasteiger partial charge >= 0.3 is 0 Å². The van der Waals surface area contributed by atoms with Crippen molar-refractivity contribution < 1.29 is 9.53 Å². The van der Waals surface area contributed by atoms with Crippen molar-refractivity contribution in [3.8, 4) is 0 Å². The molecule has 0 aliphatic carbocycles. The molecule has 0 radical (unpaired) electrons. The molecular formula is C11H23BO2S. The number of hydrogen-bond acceptors (Lipinski definition) is 3. The fourth-order valence-corrected chi connectivity index (χ4v) is 1.49. The molecule has 0 heterocycles. The van der Waals surface area contributed by atoms with E-state index < -0.39 is 0 Å². The summed E-state index contributed by atoms with van der Waals surface area (Å²) in [4.78, 5) is 11.6. The van der Waals surface area contributed by atoms with E-state index in [9.17, 15) is 4.79 Å². The number of carbonyl (C=O) groups excluding carboxylic acids is 1. The molecule has 4 heteroatoms. The summed E-state index contributed by atoms with van der Waals surface area (Å²) in [5.41, 5.74) is -0.225. The number of ether oxygens (including phenoxy) is 1. The van der Waals surface area contributed by atoms with Crippen LogP contribution in [0, 0.1) is 5.41 Å². The Bertz CT molecular complexity index is 195. The zero-order valence-electron chi connectivity index (χ0n) is 10.6. The first-order valence-electron chi connectivity index (χ1n) is 5.58. The molecule has 2 nitrogen and oxygen atoms in total. The molecule has 15 heavy (non-hydrogen) atoms. The zero-order valence-corrected chi connectivity index (χ0v) is 11.4. The van der Waals surface area contributed by atoms with Crippen LogP contribution in [-0.2, 0) is 9.53 Å². The van der Waals surface area contributed by atoms with Crippen LogP contribution in [0.2, 0.25) is 0 Å². The standard InChI is InChI=1S/C11H23BO2S/c1-5-10(13)11(3,4)6-7-14-8-9(2)15-12/h9H,5-8,12H2,1-4H3. The molecule has 0 spiro atoms. The molecule has 0 amide bonds. The Morgan fingerprint density at radius 2 is 2.13 bits per heavy atom. The first-order valence-corrected chi connectivity index (χ1v) is 6.86. The molecule has 0 aromatic rings. The van der Waals surface area contributed by atoms with Crippen molar-refractivity contribution in [2.24, 2.45) is 5.41 Å². The van der Waals surface area contributed by atoms with Crippen LogP contribution in [0.1, 0.15) is 40.5 Å². The molecule has 0 N–H and O–H groups in total. The van der Waals surface area contributed by atoms with E-state index in [4.69, 9.17) is 4.74 Å². The highest BCUT2D eigenvalue weighted by Crippen LogP contribution is 2.23. The minimum absolute atomic E-state index is 0.225. The van der Waals surface area contributed by atoms with E-state index in [-0.39, 0.29) is 5.41 Å². The van der Waals surface area contributed by atoms with Crippen molar-refractivity contribution in [3.63, 3.8) is 0 Å². The lowest BCUT2D eigenvalue weighted by molar-refractivity contribution is -0.127. The topological polar surface area (TPSA) is 26.3 Å². The Kier molecular flexibility index (Phi) is 7.36. The van der Waals surface area contributed by atoms with Crippen molar-refractivity contribution in [2.45, 2.75) is 45.8 Å². The van der Waals surface area contributed by atoms with Gasteiger partial charge in [0.2, 0.25) is 0 Å². The number of Topliss-reactive ketones (excluding diaryl/α,β-unsaturated/α-hetero) is 1. The van der Waals surface area contributed by atoms with Crippen molar-refractivity contribution in [1.29, 1.82) is 0 Å². The summed E-state index contributed by atoms with van der Waals surface area (Å²) in [6.07, 6.45) is 1.44. The quantitative estimate of drug-likeness (QED) is 0.471. The molecule has 0 rings (SSSR count). The van der Waals surface area contributed by atoms with Gasteiger partial charge in [0.25, 0.3) is 0 Å². The third-order valence-corrected chi connectivity index (χ3v) is 3.64. The highest BCUT2D eigenvalue weighted by atomic mass is 32.2. The van der Waals surface area contributed by atoms with Gasteiger partial charge in [0.15, 0.2) is 7.12 Å². The summed E-state index contributed by atoms with van der Waals surface area (Å²) in [7, 11) is 2.08. The highest BCUT2D eigenvalue weighted by molar-refractivity contribution is 8.20. The molecule has 0 aliphatic rings. The maximum Gasteiger partial charge on any atom is 0.174 e. The highest BCUT2D eigenvalue weighted by Gasteiger charge is 2.25. The Morgan fingerprint density at radius 3 is 2.60 bits per heavy atom. The molecule has 0 bridgehead atoms. The molecule has 0 fully saturated rings. The lowest BCUT2D eigenvalue weighted by Crippen LogP contribution is -2.25. The second-order valence-electron chi connectivity index (χ2n) is 4.53. The monoisotopic (exact) mass is 230 g/mol. The average Bonchev–Trinajstić information content (AvgIpc) is 2.22. The van der Waals surface area contributed by atoms with Crippen molar-refractivity contribution in [3.05, 3.63) is 0 Å². The van der Waals surface area contributed by atoms with Crippen LogP contribution >= 0.6 is 11.6 Å². The summed E-state index contributed by atoms with van der Waals surface area (Å²) < 4.78 is 5.54. The van der Waals surface area contributed by atoms with Gasteiger partial charge in [-0.2, -0.15) is 0 Å². The lowest BCUT2D eigenvalue weighted by Gasteiger charge is -2.22. The van der Waals surface area contributed by atoms with E-state index in [1.807, 2.05) is 20.8 Å². The summed E-state index contributed by atoms with van der Waals surface area (Å²) >= 11 is 1.80. The first kappa shape index (κ1) is 15.0. The lowest BCUT2D eigenvalue weighted by atomic mass is 9.84. The Balaban J connectivity index is 3.71. The van der Waals surface area contributed by atoms with E-state index in [0.29, 0.717) is 24.1 Å². The van der Waals surface area contributed by atoms with Crippen LogP contribution in [0.15, 0.2) is 0 Å². The van der Waals surface area contributed by atoms with Gasteiger partial charge in [0.1, 0.15) is 5.78 Å². The van der Waals surface area contributed by atoms with E-state index in [1.54, 1.807) is 11.6 Å². The molecule has 88 valence electrons. The second kappa shape index (κ2) is 7.34. The van der Waals surface area contributed by atoms with Crippen LogP contribution < -0.4 is 0 Å². The Labute approximate surface area is 98.8 Å². The zero-order chi connectivity index (χ0) is 11.9. The van der Waals surface area contributed by atoms with Crippen LogP contribution in [0.4, 0.5) is 0 Å². The Morgan fingerprint density at radius 1 is 1.53 bits per heavy atom. The van der Waals surface area contributed by atoms with Crippen molar-refractivity contribution in [2.75, 3.05) is 13.2 Å². The minimum Gasteiger partial charge on any atom is -0.380 e. The number of hydrogen-bond donors (Lipinski definition) is 0. The van der Waals surface area contributed by atoms with Gasteiger partial charge < -0.3 is 4.74 Å². The summed E-state index contributed by atoms with van der Waals surface area (Å²) in [6, 6.07) is 0. The molecule has 0 saturated heterocycles. The maximum atomic E-state index is 11.6. The number of rotatable bonds is 8. The van der Waals surface area contributed by atoms with E-state index in [1.165, 1.54) is 0 Å². The fourth-order valence-electron chi connectivity index (χ4n) is 1.26. The third kappa shape index (κ3) is 6.26.